The van der Waals surface area contributed by atoms with E-state index in [1.807, 2.05) is 18.7 Å². The number of ether oxygens (including phenoxy) is 1. The maximum Gasteiger partial charge on any atom is 0.219 e. The zero-order valence-corrected chi connectivity index (χ0v) is 16.6. The van der Waals surface area contributed by atoms with Crippen LogP contribution in [0.5, 0.6) is 0 Å². The molecule has 0 aromatic carbocycles. The zero-order chi connectivity index (χ0) is 15.7. The van der Waals surface area contributed by atoms with Gasteiger partial charge in [-0.3, -0.25) is 9.79 Å². The monoisotopic (exact) mass is 426 g/mol. The minimum absolute atomic E-state index is 0. The molecule has 0 aliphatic carbocycles. The van der Waals surface area contributed by atoms with Crippen LogP contribution in [-0.4, -0.2) is 73.6 Å². The molecule has 1 fully saturated rings. The largest absolute Gasteiger partial charge is 0.379 e. The zero-order valence-electron chi connectivity index (χ0n) is 14.3. The van der Waals surface area contributed by atoms with Crippen molar-refractivity contribution in [2.45, 2.75) is 40.2 Å². The molecule has 1 N–H and O–H groups in total. The second-order valence-corrected chi connectivity index (χ2v) is 5.50. The first-order chi connectivity index (χ1) is 10.0. The van der Waals surface area contributed by atoms with E-state index in [1.165, 1.54) is 0 Å². The Hall–Kier alpha value is -0.570. The predicted molar refractivity (Wildman–Crippen MR) is 101 cm³/mol. The minimum Gasteiger partial charge on any atom is -0.379 e. The summed E-state index contributed by atoms with van der Waals surface area (Å²) < 4.78 is 5.52. The van der Waals surface area contributed by atoms with Gasteiger partial charge in [-0.15, -0.1) is 24.0 Å². The first kappa shape index (κ1) is 21.4. The number of rotatable bonds is 6. The molecule has 130 valence electrons. The SMILES string of the molecule is CCNC(=NCCCOC(C)C)N1CCN(C(C)=O)CC1.I. The highest BCUT2D eigenvalue weighted by Gasteiger charge is 2.20. The van der Waals surface area contributed by atoms with E-state index in [2.05, 4.69) is 22.1 Å². The van der Waals surface area contributed by atoms with Crippen LogP contribution in [-0.2, 0) is 9.53 Å². The Bertz CT molecular complexity index is 342. The molecule has 6 nitrogen and oxygen atoms in total. The number of nitrogens with zero attached hydrogens (tertiary/aromatic N) is 3. The summed E-state index contributed by atoms with van der Waals surface area (Å²) in [4.78, 5) is 20.1. The lowest BCUT2D eigenvalue weighted by Crippen LogP contribution is -2.53. The van der Waals surface area contributed by atoms with E-state index < -0.39 is 0 Å². The molecular weight excluding hydrogens is 395 g/mol. The highest BCUT2D eigenvalue weighted by Crippen LogP contribution is 2.03. The number of carbonyl (C=O) groups excluding carboxylic acids is 1. The first-order valence-electron chi connectivity index (χ1n) is 7.95. The Balaban J connectivity index is 0.00000441. The fourth-order valence-corrected chi connectivity index (χ4v) is 2.23. The van der Waals surface area contributed by atoms with E-state index in [-0.39, 0.29) is 36.0 Å². The smallest absolute Gasteiger partial charge is 0.219 e. The molecule has 1 aliphatic rings. The van der Waals surface area contributed by atoms with Crippen molar-refractivity contribution in [3.8, 4) is 0 Å². The summed E-state index contributed by atoms with van der Waals surface area (Å²) in [5.74, 6) is 1.10. The van der Waals surface area contributed by atoms with Gasteiger partial charge in [0.15, 0.2) is 5.96 Å². The molecule has 0 atom stereocenters. The lowest BCUT2D eigenvalue weighted by atomic mass is 10.3. The number of nitrogens with one attached hydrogen (secondary N) is 1. The summed E-state index contributed by atoms with van der Waals surface area (Å²) in [7, 11) is 0. The number of halogens is 1. The van der Waals surface area contributed by atoms with Crippen LogP contribution >= 0.6 is 24.0 Å². The van der Waals surface area contributed by atoms with Gasteiger partial charge in [0.25, 0.3) is 0 Å². The van der Waals surface area contributed by atoms with Gasteiger partial charge < -0.3 is 19.9 Å². The second kappa shape index (κ2) is 11.9. The Labute approximate surface area is 151 Å². The van der Waals surface area contributed by atoms with Gasteiger partial charge in [-0.2, -0.15) is 0 Å². The Kier molecular flexibility index (Phi) is 11.6. The lowest BCUT2D eigenvalue weighted by Gasteiger charge is -2.36. The van der Waals surface area contributed by atoms with Gasteiger partial charge in [-0.25, -0.2) is 0 Å². The lowest BCUT2D eigenvalue weighted by molar-refractivity contribution is -0.130. The van der Waals surface area contributed by atoms with Crippen molar-refractivity contribution in [3.63, 3.8) is 0 Å². The summed E-state index contributed by atoms with van der Waals surface area (Å²) in [5, 5.41) is 3.33. The van der Waals surface area contributed by atoms with Gasteiger partial charge in [-0.05, 0) is 27.2 Å². The fourth-order valence-electron chi connectivity index (χ4n) is 2.23. The van der Waals surface area contributed by atoms with Gasteiger partial charge in [-0.1, -0.05) is 0 Å². The topological polar surface area (TPSA) is 57.2 Å². The Morgan fingerprint density at radius 3 is 2.32 bits per heavy atom. The molecule has 0 saturated carbocycles. The van der Waals surface area contributed by atoms with Crippen LogP contribution in [0.4, 0.5) is 0 Å². The average Bonchev–Trinajstić information content (AvgIpc) is 2.45. The number of hydrogen-bond donors (Lipinski definition) is 1. The number of aliphatic imine (C=N–C) groups is 1. The standard InChI is InChI=1S/C15H30N4O2.HI/c1-5-16-15(17-7-6-12-21-13(2)3)19-10-8-18(9-11-19)14(4)20;/h13H,5-12H2,1-4H3,(H,16,17);1H. The highest BCUT2D eigenvalue weighted by molar-refractivity contribution is 14.0. The molecule has 0 bridgehead atoms. The highest BCUT2D eigenvalue weighted by atomic mass is 127. The summed E-state index contributed by atoms with van der Waals surface area (Å²) in [6.45, 7) is 13.4. The van der Waals surface area contributed by atoms with Crippen LogP contribution < -0.4 is 5.32 Å². The summed E-state index contributed by atoms with van der Waals surface area (Å²) >= 11 is 0. The van der Waals surface area contributed by atoms with Gasteiger partial charge in [0.2, 0.25) is 5.91 Å². The molecule has 1 saturated heterocycles. The number of guanidine groups is 1. The number of hydrogen-bond acceptors (Lipinski definition) is 3. The normalized spacial score (nSPS) is 15.8. The molecule has 1 aliphatic heterocycles. The van der Waals surface area contributed by atoms with Gasteiger partial charge in [0.05, 0.1) is 6.10 Å². The Morgan fingerprint density at radius 2 is 1.82 bits per heavy atom. The van der Waals surface area contributed by atoms with Crippen molar-refractivity contribution in [1.29, 1.82) is 0 Å². The quantitative estimate of drug-likeness (QED) is 0.303. The van der Waals surface area contributed by atoms with Crippen LogP contribution in [0.25, 0.3) is 0 Å². The van der Waals surface area contributed by atoms with Gasteiger partial charge >= 0.3 is 0 Å². The third-order valence-electron chi connectivity index (χ3n) is 3.37. The third kappa shape index (κ3) is 8.17. The maximum absolute atomic E-state index is 11.3. The minimum atomic E-state index is 0. The van der Waals surface area contributed by atoms with Crippen molar-refractivity contribution in [2.24, 2.45) is 4.99 Å². The summed E-state index contributed by atoms with van der Waals surface area (Å²) in [5.41, 5.74) is 0. The maximum atomic E-state index is 11.3. The van der Waals surface area contributed by atoms with Crippen molar-refractivity contribution in [1.82, 2.24) is 15.1 Å². The van der Waals surface area contributed by atoms with E-state index in [0.717, 1.165) is 58.3 Å². The van der Waals surface area contributed by atoms with Crippen LogP contribution in [0.1, 0.15) is 34.1 Å². The van der Waals surface area contributed by atoms with Crippen LogP contribution in [0.15, 0.2) is 4.99 Å². The molecule has 1 amide bonds. The van der Waals surface area contributed by atoms with E-state index >= 15 is 0 Å². The average molecular weight is 426 g/mol. The van der Waals surface area contributed by atoms with E-state index in [0.29, 0.717) is 0 Å². The molecule has 0 spiro atoms. The van der Waals surface area contributed by atoms with Gasteiger partial charge in [0.1, 0.15) is 0 Å². The fraction of sp³-hybridized carbons (Fsp3) is 0.867. The number of carbonyl (C=O) groups is 1. The molecule has 0 radical (unpaired) electrons. The molecule has 0 aromatic rings. The van der Waals surface area contributed by atoms with Crippen molar-refractivity contribution in [3.05, 3.63) is 0 Å². The van der Waals surface area contributed by atoms with Crippen molar-refractivity contribution in [2.75, 3.05) is 45.9 Å². The summed E-state index contributed by atoms with van der Waals surface area (Å²) in [6, 6.07) is 0. The first-order valence-corrected chi connectivity index (χ1v) is 7.95. The van der Waals surface area contributed by atoms with E-state index in [9.17, 15) is 4.79 Å². The molecular formula is C15H31IN4O2. The Morgan fingerprint density at radius 1 is 1.23 bits per heavy atom. The summed E-state index contributed by atoms with van der Waals surface area (Å²) in [6.07, 6.45) is 1.21. The number of amides is 1. The number of piperazine rings is 1. The van der Waals surface area contributed by atoms with Crippen molar-refractivity contribution >= 4 is 35.8 Å². The van der Waals surface area contributed by atoms with Crippen LogP contribution in [0, 0.1) is 0 Å². The van der Waals surface area contributed by atoms with E-state index in [4.69, 9.17) is 4.74 Å². The van der Waals surface area contributed by atoms with E-state index in [1.54, 1.807) is 6.92 Å². The molecule has 1 heterocycles. The molecule has 0 aromatic heterocycles. The molecule has 7 heteroatoms. The van der Waals surface area contributed by atoms with Crippen LogP contribution in [0.3, 0.4) is 0 Å². The molecule has 1 rings (SSSR count). The van der Waals surface area contributed by atoms with Gasteiger partial charge in [0, 0.05) is 52.8 Å². The van der Waals surface area contributed by atoms with Crippen LogP contribution in [0.2, 0.25) is 0 Å². The third-order valence-corrected chi connectivity index (χ3v) is 3.37. The second-order valence-electron chi connectivity index (χ2n) is 5.50. The van der Waals surface area contributed by atoms with Crippen molar-refractivity contribution < 1.29 is 9.53 Å². The molecule has 0 unspecified atom stereocenters. The predicted octanol–water partition coefficient (Wildman–Crippen LogP) is 1.55. The molecule has 22 heavy (non-hydrogen) atoms.